The number of aryl methyl sites for hydroxylation is 2. The van der Waals surface area contributed by atoms with E-state index in [1.54, 1.807) is 0 Å². The van der Waals surface area contributed by atoms with Gasteiger partial charge < -0.3 is 15.2 Å². The molecule has 2 N–H and O–H groups in total. The summed E-state index contributed by atoms with van der Waals surface area (Å²) >= 11 is 0. The smallest absolute Gasteiger partial charge is 0.125 e. The lowest BCUT2D eigenvalue weighted by atomic mass is 10.0. The van der Waals surface area contributed by atoms with E-state index in [1.807, 2.05) is 13.8 Å². The van der Waals surface area contributed by atoms with Gasteiger partial charge in [0.1, 0.15) is 12.4 Å². The first-order valence-electron chi connectivity index (χ1n) is 6.59. The van der Waals surface area contributed by atoms with Crippen molar-refractivity contribution in [2.45, 2.75) is 40.2 Å². The quantitative estimate of drug-likeness (QED) is 0.758. The van der Waals surface area contributed by atoms with Crippen LogP contribution in [-0.4, -0.2) is 25.9 Å². The number of ether oxygens (including phenoxy) is 2. The molecule has 0 fully saturated rings. The summed E-state index contributed by atoms with van der Waals surface area (Å²) in [6, 6.07) is 4.30. The second-order valence-corrected chi connectivity index (χ2v) is 4.87. The van der Waals surface area contributed by atoms with Gasteiger partial charge >= 0.3 is 0 Å². The van der Waals surface area contributed by atoms with Crippen LogP contribution >= 0.6 is 0 Å². The Hall–Kier alpha value is -1.06. The highest BCUT2D eigenvalue weighted by molar-refractivity contribution is 5.43. The molecule has 0 unspecified atom stereocenters. The molecule has 0 radical (unpaired) electrons. The molecule has 0 atom stereocenters. The molecule has 0 aromatic heterocycles. The van der Waals surface area contributed by atoms with Gasteiger partial charge in [0, 0.05) is 0 Å². The van der Waals surface area contributed by atoms with E-state index in [4.69, 9.17) is 15.2 Å². The SMILES string of the molecule is Cc1cc(CCN)cc(C)c1OCCOC(C)C. The van der Waals surface area contributed by atoms with Crippen LogP contribution in [0.25, 0.3) is 0 Å². The zero-order chi connectivity index (χ0) is 13.5. The Balaban J connectivity index is 2.60. The molecule has 1 aromatic rings. The van der Waals surface area contributed by atoms with Gasteiger partial charge in [-0.25, -0.2) is 0 Å². The van der Waals surface area contributed by atoms with Crippen LogP contribution < -0.4 is 10.5 Å². The van der Waals surface area contributed by atoms with Crippen molar-refractivity contribution in [3.8, 4) is 5.75 Å². The maximum absolute atomic E-state index is 5.79. The van der Waals surface area contributed by atoms with Crippen LogP contribution in [0.2, 0.25) is 0 Å². The van der Waals surface area contributed by atoms with Gasteiger partial charge in [-0.15, -0.1) is 0 Å². The molecular weight excluding hydrogens is 226 g/mol. The molecule has 3 heteroatoms. The lowest BCUT2D eigenvalue weighted by Gasteiger charge is -2.15. The molecule has 102 valence electrons. The van der Waals surface area contributed by atoms with Crippen LogP contribution in [0.1, 0.15) is 30.5 Å². The van der Waals surface area contributed by atoms with E-state index in [2.05, 4.69) is 26.0 Å². The van der Waals surface area contributed by atoms with E-state index in [0.29, 0.717) is 19.8 Å². The zero-order valence-electron chi connectivity index (χ0n) is 12.0. The molecule has 3 nitrogen and oxygen atoms in total. The van der Waals surface area contributed by atoms with Gasteiger partial charge in [-0.3, -0.25) is 0 Å². The average Bonchev–Trinajstić information content (AvgIpc) is 2.27. The normalized spacial score (nSPS) is 11.0. The average molecular weight is 251 g/mol. The largest absolute Gasteiger partial charge is 0.491 e. The fourth-order valence-electron chi connectivity index (χ4n) is 2.01. The molecule has 0 bridgehead atoms. The first-order valence-corrected chi connectivity index (χ1v) is 6.59. The molecule has 0 aliphatic rings. The molecule has 0 saturated carbocycles. The van der Waals surface area contributed by atoms with E-state index >= 15 is 0 Å². The molecule has 0 aliphatic heterocycles. The summed E-state index contributed by atoms with van der Waals surface area (Å²) in [6.07, 6.45) is 1.17. The zero-order valence-corrected chi connectivity index (χ0v) is 12.0. The lowest BCUT2D eigenvalue weighted by Crippen LogP contribution is -2.12. The van der Waals surface area contributed by atoms with Crippen molar-refractivity contribution < 1.29 is 9.47 Å². The van der Waals surface area contributed by atoms with Gasteiger partial charge in [-0.05, 0) is 57.4 Å². The van der Waals surface area contributed by atoms with Crippen molar-refractivity contribution in [1.29, 1.82) is 0 Å². The number of nitrogens with two attached hydrogens (primary N) is 1. The minimum Gasteiger partial charge on any atom is -0.491 e. The predicted molar refractivity (Wildman–Crippen MR) is 75.3 cm³/mol. The summed E-state index contributed by atoms with van der Waals surface area (Å²) in [6.45, 7) is 10.1. The fourth-order valence-corrected chi connectivity index (χ4v) is 2.01. The molecule has 0 aliphatic carbocycles. The third-order valence-corrected chi connectivity index (χ3v) is 2.73. The Morgan fingerprint density at radius 3 is 2.22 bits per heavy atom. The molecule has 1 aromatic carbocycles. The van der Waals surface area contributed by atoms with Crippen molar-refractivity contribution >= 4 is 0 Å². The minimum absolute atomic E-state index is 0.253. The molecule has 18 heavy (non-hydrogen) atoms. The molecular formula is C15H25NO2. The standard InChI is InChI=1S/C15H25NO2/c1-11(2)17-7-8-18-15-12(3)9-14(5-6-16)10-13(15)4/h9-11H,5-8,16H2,1-4H3. The predicted octanol–water partition coefficient (Wildman–Crippen LogP) is 2.61. The highest BCUT2D eigenvalue weighted by atomic mass is 16.5. The van der Waals surface area contributed by atoms with E-state index in [-0.39, 0.29) is 6.10 Å². The van der Waals surface area contributed by atoms with Gasteiger partial charge in [0.25, 0.3) is 0 Å². The summed E-state index contributed by atoms with van der Waals surface area (Å²) in [4.78, 5) is 0. The topological polar surface area (TPSA) is 44.5 Å². The first-order chi connectivity index (χ1) is 8.54. The monoisotopic (exact) mass is 251 g/mol. The van der Waals surface area contributed by atoms with Gasteiger partial charge in [-0.2, -0.15) is 0 Å². The maximum atomic E-state index is 5.79. The summed E-state index contributed by atoms with van der Waals surface area (Å²) in [5, 5.41) is 0. The molecule has 0 spiro atoms. The van der Waals surface area contributed by atoms with Crippen LogP contribution in [0.15, 0.2) is 12.1 Å². The maximum Gasteiger partial charge on any atom is 0.125 e. The minimum atomic E-state index is 0.253. The highest BCUT2D eigenvalue weighted by Gasteiger charge is 2.06. The summed E-state index contributed by atoms with van der Waals surface area (Å²) in [7, 11) is 0. The van der Waals surface area contributed by atoms with Crippen LogP contribution in [0.3, 0.4) is 0 Å². The molecule has 0 saturated heterocycles. The van der Waals surface area contributed by atoms with Crippen molar-refractivity contribution in [3.63, 3.8) is 0 Å². The fraction of sp³-hybridized carbons (Fsp3) is 0.600. The van der Waals surface area contributed by atoms with Crippen molar-refractivity contribution in [1.82, 2.24) is 0 Å². The van der Waals surface area contributed by atoms with E-state index < -0.39 is 0 Å². The number of benzene rings is 1. The van der Waals surface area contributed by atoms with Crippen LogP contribution in [0, 0.1) is 13.8 Å². The molecule has 1 rings (SSSR count). The Labute approximate surface area is 110 Å². The Bertz CT molecular complexity index is 352. The number of hydrogen-bond donors (Lipinski definition) is 1. The van der Waals surface area contributed by atoms with Crippen molar-refractivity contribution in [3.05, 3.63) is 28.8 Å². The second kappa shape index (κ2) is 7.39. The van der Waals surface area contributed by atoms with Crippen LogP contribution in [0.4, 0.5) is 0 Å². The van der Waals surface area contributed by atoms with E-state index in [9.17, 15) is 0 Å². The second-order valence-electron chi connectivity index (χ2n) is 4.87. The van der Waals surface area contributed by atoms with Crippen LogP contribution in [0.5, 0.6) is 5.75 Å². The van der Waals surface area contributed by atoms with Gasteiger partial charge in [0.15, 0.2) is 0 Å². The van der Waals surface area contributed by atoms with Gasteiger partial charge in [0.05, 0.1) is 12.7 Å². The summed E-state index contributed by atoms with van der Waals surface area (Å²) in [5.74, 6) is 0.975. The van der Waals surface area contributed by atoms with E-state index in [1.165, 1.54) is 16.7 Å². The number of rotatable bonds is 7. The highest BCUT2D eigenvalue weighted by Crippen LogP contribution is 2.24. The van der Waals surface area contributed by atoms with Crippen molar-refractivity contribution in [2.75, 3.05) is 19.8 Å². The lowest BCUT2D eigenvalue weighted by molar-refractivity contribution is 0.0550. The summed E-state index contributed by atoms with van der Waals surface area (Å²) < 4.78 is 11.3. The number of hydrogen-bond acceptors (Lipinski definition) is 3. The van der Waals surface area contributed by atoms with Gasteiger partial charge in [-0.1, -0.05) is 12.1 Å². The summed E-state index contributed by atoms with van der Waals surface area (Å²) in [5.41, 5.74) is 9.19. The Kier molecular flexibility index (Phi) is 6.16. The first kappa shape index (κ1) is 15.0. The Morgan fingerprint density at radius 2 is 1.72 bits per heavy atom. The molecule has 0 amide bonds. The third-order valence-electron chi connectivity index (χ3n) is 2.73. The third kappa shape index (κ3) is 4.67. The van der Waals surface area contributed by atoms with E-state index in [0.717, 1.165) is 12.2 Å². The van der Waals surface area contributed by atoms with Crippen molar-refractivity contribution in [2.24, 2.45) is 5.73 Å². The molecule has 0 heterocycles. The van der Waals surface area contributed by atoms with Gasteiger partial charge in [0.2, 0.25) is 0 Å². The Morgan fingerprint density at radius 1 is 1.11 bits per heavy atom. The van der Waals surface area contributed by atoms with Crippen LogP contribution in [-0.2, 0) is 11.2 Å².